The molecule has 4 heteroatoms. The van der Waals surface area contributed by atoms with E-state index in [0.29, 0.717) is 6.10 Å². The molecule has 3 rings (SSSR count). The number of benzene rings is 2. The highest BCUT2D eigenvalue weighted by atomic mass is 127. The zero-order chi connectivity index (χ0) is 14.8. The fourth-order valence-corrected chi connectivity index (χ4v) is 3.18. The Kier molecular flexibility index (Phi) is 4.72. The topological polar surface area (TPSA) is 21.3 Å². The highest BCUT2D eigenvalue weighted by Crippen LogP contribution is 2.31. The summed E-state index contributed by atoms with van der Waals surface area (Å²) in [6.07, 6.45) is 2.80. The van der Waals surface area contributed by atoms with Gasteiger partial charge in [0.25, 0.3) is 0 Å². The summed E-state index contributed by atoms with van der Waals surface area (Å²) in [5.41, 5.74) is 2.40. The molecule has 2 aromatic carbocycles. The van der Waals surface area contributed by atoms with E-state index in [0.717, 1.165) is 10.8 Å². The Morgan fingerprint density at radius 3 is 2.52 bits per heavy atom. The van der Waals surface area contributed by atoms with Gasteiger partial charge < -0.3 is 10.1 Å². The Morgan fingerprint density at radius 1 is 1.19 bits per heavy atom. The first-order valence-electron chi connectivity index (χ1n) is 7.06. The van der Waals surface area contributed by atoms with Crippen LogP contribution in [0, 0.1) is 3.57 Å². The van der Waals surface area contributed by atoms with Crippen LogP contribution in [0.4, 0.5) is 0 Å². The molecule has 2 nitrogen and oxygen atoms in total. The maximum absolute atomic E-state index is 6.14. The van der Waals surface area contributed by atoms with Crippen LogP contribution in [0.1, 0.15) is 30.0 Å². The molecular formula is C17H17ClINO. The van der Waals surface area contributed by atoms with Crippen LogP contribution in [0.2, 0.25) is 5.02 Å². The van der Waals surface area contributed by atoms with Gasteiger partial charge in [-0.2, -0.15) is 0 Å². The second-order valence-corrected chi connectivity index (χ2v) is 6.87. The Hall–Kier alpha value is -0.780. The van der Waals surface area contributed by atoms with Crippen LogP contribution < -0.4 is 10.1 Å². The molecule has 1 atom stereocenters. The van der Waals surface area contributed by atoms with E-state index < -0.39 is 0 Å². The summed E-state index contributed by atoms with van der Waals surface area (Å²) in [5.74, 6) is 0.955. The Labute approximate surface area is 144 Å². The van der Waals surface area contributed by atoms with Crippen molar-refractivity contribution in [1.29, 1.82) is 0 Å². The summed E-state index contributed by atoms with van der Waals surface area (Å²) < 4.78 is 7.00. The van der Waals surface area contributed by atoms with Gasteiger partial charge in [0.1, 0.15) is 5.75 Å². The van der Waals surface area contributed by atoms with Crippen molar-refractivity contribution >= 4 is 34.2 Å². The zero-order valence-electron chi connectivity index (χ0n) is 11.8. The van der Waals surface area contributed by atoms with Crippen molar-refractivity contribution in [3.63, 3.8) is 0 Å². The number of hydrogen-bond acceptors (Lipinski definition) is 2. The molecule has 2 aromatic rings. The summed E-state index contributed by atoms with van der Waals surface area (Å²) in [7, 11) is 1.97. The van der Waals surface area contributed by atoms with Gasteiger partial charge >= 0.3 is 0 Å². The average molecular weight is 414 g/mol. The quantitative estimate of drug-likeness (QED) is 0.711. The maximum atomic E-state index is 6.14. The van der Waals surface area contributed by atoms with E-state index >= 15 is 0 Å². The standard InChI is InChI=1S/C17H17ClINO/c1-20-17(15-10-12(18)4-9-16(15)19)11-2-5-13(6-3-11)21-14-7-8-14/h2-6,9-10,14,17,20H,7-8H2,1H3. The van der Waals surface area contributed by atoms with Gasteiger partial charge in [0.15, 0.2) is 0 Å². The number of hydrogen-bond donors (Lipinski definition) is 1. The van der Waals surface area contributed by atoms with E-state index in [1.54, 1.807) is 0 Å². The van der Waals surface area contributed by atoms with Crippen LogP contribution in [0.25, 0.3) is 0 Å². The van der Waals surface area contributed by atoms with Crippen LogP contribution >= 0.6 is 34.2 Å². The summed E-state index contributed by atoms with van der Waals surface area (Å²) in [6, 6.07) is 14.5. The van der Waals surface area contributed by atoms with Gasteiger partial charge in [-0.25, -0.2) is 0 Å². The number of ether oxygens (including phenoxy) is 1. The van der Waals surface area contributed by atoms with E-state index in [2.05, 4.69) is 52.2 Å². The van der Waals surface area contributed by atoms with Gasteiger partial charge in [-0.15, -0.1) is 0 Å². The van der Waals surface area contributed by atoms with Gasteiger partial charge in [-0.3, -0.25) is 0 Å². The first kappa shape index (κ1) is 15.1. The van der Waals surface area contributed by atoms with Crippen LogP contribution in [0.5, 0.6) is 5.75 Å². The summed E-state index contributed by atoms with van der Waals surface area (Å²) >= 11 is 8.49. The minimum absolute atomic E-state index is 0.130. The molecular weight excluding hydrogens is 397 g/mol. The van der Waals surface area contributed by atoms with Crippen LogP contribution in [0.3, 0.4) is 0 Å². The molecule has 0 radical (unpaired) electrons. The average Bonchev–Trinajstić information content (AvgIpc) is 3.29. The highest BCUT2D eigenvalue weighted by Gasteiger charge is 2.23. The molecule has 21 heavy (non-hydrogen) atoms. The molecule has 0 amide bonds. The number of nitrogens with one attached hydrogen (secondary N) is 1. The fourth-order valence-electron chi connectivity index (χ4n) is 2.35. The van der Waals surface area contributed by atoms with Crippen LogP contribution in [-0.4, -0.2) is 13.2 Å². The molecule has 0 aliphatic heterocycles. The number of halogens is 2. The molecule has 110 valence electrons. The molecule has 1 unspecified atom stereocenters. The van der Waals surface area contributed by atoms with Crippen molar-refractivity contribution in [2.75, 3.05) is 7.05 Å². The Balaban J connectivity index is 1.86. The highest BCUT2D eigenvalue weighted by molar-refractivity contribution is 14.1. The second-order valence-electron chi connectivity index (χ2n) is 5.27. The smallest absolute Gasteiger partial charge is 0.119 e. The lowest BCUT2D eigenvalue weighted by atomic mass is 9.99. The van der Waals surface area contributed by atoms with E-state index in [1.165, 1.54) is 27.5 Å². The largest absolute Gasteiger partial charge is 0.490 e. The van der Waals surface area contributed by atoms with Crippen molar-refractivity contribution < 1.29 is 4.74 Å². The predicted octanol–water partition coefficient (Wildman–Crippen LogP) is 4.79. The molecule has 0 bridgehead atoms. The van der Waals surface area contributed by atoms with Crippen molar-refractivity contribution in [2.24, 2.45) is 0 Å². The van der Waals surface area contributed by atoms with Crippen molar-refractivity contribution in [2.45, 2.75) is 25.0 Å². The van der Waals surface area contributed by atoms with Crippen LogP contribution in [-0.2, 0) is 0 Å². The van der Waals surface area contributed by atoms with E-state index in [9.17, 15) is 0 Å². The lowest BCUT2D eigenvalue weighted by Gasteiger charge is -2.19. The molecule has 1 N–H and O–H groups in total. The van der Waals surface area contributed by atoms with Gasteiger partial charge in [-0.1, -0.05) is 23.7 Å². The lowest BCUT2D eigenvalue weighted by Crippen LogP contribution is -2.18. The van der Waals surface area contributed by atoms with E-state index in [-0.39, 0.29) is 6.04 Å². The third-order valence-electron chi connectivity index (χ3n) is 3.60. The van der Waals surface area contributed by atoms with Gasteiger partial charge in [0, 0.05) is 8.59 Å². The maximum Gasteiger partial charge on any atom is 0.119 e. The Bertz CT molecular complexity index is 625. The molecule has 1 saturated carbocycles. The molecule has 0 saturated heterocycles. The van der Waals surface area contributed by atoms with Gasteiger partial charge in [-0.05, 0) is 83.9 Å². The van der Waals surface area contributed by atoms with Gasteiger partial charge in [0.05, 0.1) is 12.1 Å². The molecule has 1 aliphatic rings. The summed E-state index contributed by atoms with van der Waals surface area (Å²) in [6.45, 7) is 0. The first-order chi connectivity index (χ1) is 10.2. The van der Waals surface area contributed by atoms with Crippen molar-refractivity contribution in [3.05, 3.63) is 62.2 Å². The van der Waals surface area contributed by atoms with Crippen molar-refractivity contribution in [1.82, 2.24) is 5.32 Å². The monoisotopic (exact) mass is 413 g/mol. The minimum atomic E-state index is 0.130. The summed E-state index contributed by atoms with van der Waals surface area (Å²) in [4.78, 5) is 0. The first-order valence-corrected chi connectivity index (χ1v) is 8.52. The minimum Gasteiger partial charge on any atom is -0.490 e. The second kappa shape index (κ2) is 6.55. The van der Waals surface area contributed by atoms with Crippen molar-refractivity contribution in [3.8, 4) is 5.75 Å². The van der Waals surface area contributed by atoms with E-state index in [1.807, 2.05) is 25.2 Å². The summed E-state index contributed by atoms with van der Waals surface area (Å²) in [5, 5.41) is 4.13. The SMILES string of the molecule is CNC(c1ccc(OC2CC2)cc1)c1cc(Cl)ccc1I. The fraction of sp³-hybridized carbons (Fsp3) is 0.294. The third-order valence-corrected chi connectivity index (χ3v) is 4.82. The van der Waals surface area contributed by atoms with E-state index in [4.69, 9.17) is 16.3 Å². The third kappa shape index (κ3) is 3.71. The zero-order valence-corrected chi connectivity index (χ0v) is 14.7. The lowest BCUT2D eigenvalue weighted by molar-refractivity contribution is 0.303. The molecule has 1 fully saturated rings. The number of rotatable bonds is 5. The van der Waals surface area contributed by atoms with Crippen LogP contribution in [0.15, 0.2) is 42.5 Å². The molecule has 1 aliphatic carbocycles. The molecule has 0 heterocycles. The van der Waals surface area contributed by atoms with Gasteiger partial charge in [0.2, 0.25) is 0 Å². The molecule has 0 spiro atoms. The Morgan fingerprint density at radius 2 is 1.90 bits per heavy atom. The predicted molar refractivity (Wildman–Crippen MR) is 95.2 cm³/mol. The molecule has 0 aromatic heterocycles. The normalized spacial score (nSPS) is 15.8.